The molecule has 0 aliphatic heterocycles. The summed E-state index contributed by atoms with van der Waals surface area (Å²) < 4.78 is 35.3. The van der Waals surface area contributed by atoms with Crippen molar-refractivity contribution in [2.45, 2.75) is 31.2 Å². The Morgan fingerprint density at radius 3 is 2.58 bits per heavy atom. The van der Waals surface area contributed by atoms with Crippen LogP contribution >= 0.6 is 11.8 Å². The van der Waals surface area contributed by atoms with Crippen molar-refractivity contribution in [2.75, 3.05) is 30.9 Å². The maximum Gasteiger partial charge on any atom is 0.191 e. The van der Waals surface area contributed by atoms with E-state index in [2.05, 4.69) is 15.6 Å². The number of sulfone groups is 1. The summed E-state index contributed by atoms with van der Waals surface area (Å²) in [5.41, 5.74) is 0. The van der Waals surface area contributed by atoms with E-state index in [1.54, 1.807) is 23.9 Å². The molecule has 1 atom stereocenters. The molecule has 0 aliphatic rings. The van der Waals surface area contributed by atoms with Crippen LogP contribution in [0.3, 0.4) is 0 Å². The second kappa shape index (κ2) is 10.6. The van der Waals surface area contributed by atoms with Crippen molar-refractivity contribution in [3.05, 3.63) is 30.1 Å². The molecule has 136 valence electrons. The standard InChI is InChI=1S/C16H26FN3O2S2/c1-4-18-16(20-13(2)9-12-24(3,21)22)19-10-11-23-15-7-5-14(17)6-8-15/h5-8,13H,4,9-12H2,1-3H3,(H2,18,19,20). The Morgan fingerprint density at radius 1 is 1.33 bits per heavy atom. The average molecular weight is 376 g/mol. The molecular weight excluding hydrogens is 349 g/mol. The number of aliphatic imine (C=N–C) groups is 1. The molecule has 5 nitrogen and oxygen atoms in total. The van der Waals surface area contributed by atoms with Crippen LogP contribution in [0, 0.1) is 5.82 Å². The molecular formula is C16H26FN3O2S2. The second-order valence-corrected chi connectivity index (χ2v) is 8.96. The highest BCUT2D eigenvalue weighted by molar-refractivity contribution is 7.99. The molecule has 0 aromatic heterocycles. The van der Waals surface area contributed by atoms with Gasteiger partial charge >= 0.3 is 0 Å². The SMILES string of the molecule is CCNC(=NCCSc1ccc(F)cc1)NC(C)CCS(C)(=O)=O. The molecule has 1 aromatic carbocycles. The maximum atomic E-state index is 12.8. The third-order valence-corrected chi connectivity index (χ3v) is 5.06. The molecule has 0 heterocycles. The second-order valence-electron chi connectivity index (χ2n) is 5.53. The minimum Gasteiger partial charge on any atom is -0.357 e. The lowest BCUT2D eigenvalue weighted by Crippen LogP contribution is -2.43. The molecule has 0 aliphatic carbocycles. The number of halogens is 1. The summed E-state index contributed by atoms with van der Waals surface area (Å²) in [6.07, 6.45) is 1.78. The highest BCUT2D eigenvalue weighted by atomic mass is 32.2. The Hall–Kier alpha value is -1.28. The van der Waals surface area contributed by atoms with Crippen LogP contribution in [0.5, 0.6) is 0 Å². The molecule has 0 spiro atoms. The lowest BCUT2D eigenvalue weighted by atomic mass is 10.3. The third-order valence-electron chi connectivity index (χ3n) is 3.09. The first-order valence-corrected chi connectivity index (χ1v) is 11.0. The zero-order valence-corrected chi connectivity index (χ0v) is 16.0. The Balaban J connectivity index is 2.42. The molecule has 0 fully saturated rings. The van der Waals surface area contributed by atoms with Gasteiger partial charge in [0.1, 0.15) is 15.7 Å². The van der Waals surface area contributed by atoms with Gasteiger partial charge in [0.05, 0.1) is 12.3 Å². The third kappa shape index (κ3) is 9.77. The van der Waals surface area contributed by atoms with Gasteiger partial charge in [-0.3, -0.25) is 4.99 Å². The number of hydrogen-bond donors (Lipinski definition) is 2. The summed E-state index contributed by atoms with van der Waals surface area (Å²) >= 11 is 1.61. The molecule has 0 radical (unpaired) electrons. The lowest BCUT2D eigenvalue weighted by molar-refractivity contribution is 0.581. The van der Waals surface area contributed by atoms with Crippen molar-refractivity contribution in [3.8, 4) is 0 Å². The van der Waals surface area contributed by atoms with Crippen molar-refractivity contribution in [1.82, 2.24) is 10.6 Å². The first-order valence-electron chi connectivity index (χ1n) is 7.91. The number of benzene rings is 1. The minimum atomic E-state index is -2.95. The van der Waals surface area contributed by atoms with Crippen LogP contribution in [-0.4, -0.2) is 51.3 Å². The van der Waals surface area contributed by atoms with Crippen LogP contribution in [0.2, 0.25) is 0 Å². The fourth-order valence-corrected chi connectivity index (χ4v) is 3.40. The summed E-state index contributed by atoms with van der Waals surface area (Å²) in [5, 5.41) is 6.36. The first-order chi connectivity index (χ1) is 11.3. The molecule has 8 heteroatoms. The van der Waals surface area contributed by atoms with Crippen LogP contribution in [-0.2, 0) is 9.84 Å². The minimum absolute atomic E-state index is 0.0160. The van der Waals surface area contributed by atoms with E-state index in [9.17, 15) is 12.8 Å². The molecule has 0 amide bonds. The molecule has 0 saturated heterocycles. The molecule has 2 N–H and O–H groups in total. The number of hydrogen-bond acceptors (Lipinski definition) is 4. The van der Waals surface area contributed by atoms with E-state index in [1.165, 1.54) is 18.4 Å². The first kappa shape index (κ1) is 20.8. The number of nitrogens with zero attached hydrogens (tertiary/aromatic N) is 1. The molecule has 0 bridgehead atoms. The monoisotopic (exact) mass is 375 g/mol. The van der Waals surface area contributed by atoms with Crippen LogP contribution in [0.1, 0.15) is 20.3 Å². The van der Waals surface area contributed by atoms with E-state index in [0.29, 0.717) is 18.9 Å². The van der Waals surface area contributed by atoms with Gasteiger partial charge in [0.15, 0.2) is 5.96 Å². The van der Waals surface area contributed by atoms with E-state index in [4.69, 9.17) is 0 Å². The van der Waals surface area contributed by atoms with Gasteiger partial charge in [-0.2, -0.15) is 0 Å². The van der Waals surface area contributed by atoms with Gasteiger partial charge in [-0.05, 0) is 44.5 Å². The van der Waals surface area contributed by atoms with Gasteiger partial charge in [0.25, 0.3) is 0 Å². The Morgan fingerprint density at radius 2 is 2.00 bits per heavy atom. The highest BCUT2D eigenvalue weighted by Gasteiger charge is 2.09. The summed E-state index contributed by atoms with van der Waals surface area (Å²) in [4.78, 5) is 5.49. The van der Waals surface area contributed by atoms with Gasteiger partial charge in [0, 0.05) is 29.5 Å². The largest absolute Gasteiger partial charge is 0.357 e. The van der Waals surface area contributed by atoms with Crippen LogP contribution in [0.25, 0.3) is 0 Å². The molecule has 1 rings (SSSR count). The van der Waals surface area contributed by atoms with Gasteiger partial charge in [0.2, 0.25) is 0 Å². The van der Waals surface area contributed by atoms with Gasteiger partial charge in [-0.25, -0.2) is 12.8 Å². The molecule has 1 aromatic rings. The number of nitrogens with one attached hydrogen (secondary N) is 2. The Kier molecular flexibility index (Phi) is 9.13. The van der Waals surface area contributed by atoms with E-state index in [1.807, 2.05) is 13.8 Å². The number of guanidine groups is 1. The van der Waals surface area contributed by atoms with Crippen LogP contribution < -0.4 is 10.6 Å². The van der Waals surface area contributed by atoms with Gasteiger partial charge in [-0.15, -0.1) is 11.8 Å². The predicted molar refractivity (Wildman–Crippen MR) is 100 cm³/mol. The topological polar surface area (TPSA) is 70.6 Å². The summed E-state index contributed by atoms with van der Waals surface area (Å²) in [6, 6.07) is 6.41. The van der Waals surface area contributed by atoms with Crippen LogP contribution in [0.4, 0.5) is 4.39 Å². The highest BCUT2D eigenvalue weighted by Crippen LogP contribution is 2.17. The molecule has 1 unspecified atom stereocenters. The summed E-state index contributed by atoms with van der Waals surface area (Å²) in [6.45, 7) is 5.25. The van der Waals surface area contributed by atoms with E-state index >= 15 is 0 Å². The predicted octanol–water partition coefficient (Wildman–Crippen LogP) is 2.30. The van der Waals surface area contributed by atoms with Crippen molar-refractivity contribution < 1.29 is 12.8 Å². The number of rotatable bonds is 9. The van der Waals surface area contributed by atoms with E-state index in [-0.39, 0.29) is 17.6 Å². The van der Waals surface area contributed by atoms with Crippen molar-refractivity contribution in [3.63, 3.8) is 0 Å². The zero-order valence-electron chi connectivity index (χ0n) is 14.4. The van der Waals surface area contributed by atoms with E-state index < -0.39 is 9.84 Å². The maximum absolute atomic E-state index is 12.8. The lowest BCUT2D eigenvalue weighted by Gasteiger charge is -2.17. The number of thioether (sulfide) groups is 1. The molecule has 24 heavy (non-hydrogen) atoms. The van der Waals surface area contributed by atoms with Gasteiger partial charge < -0.3 is 10.6 Å². The van der Waals surface area contributed by atoms with Crippen molar-refractivity contribution in [1.29, 1.82) is 0 Å². The summed E-state index contributed by atoms with van der Waals surface area (Å²) in [5.74, 6) is 1.37. The molecule has 0 saturated carbocycles. The van der Waals surface area contributed by atoms with Gasteiger partial charge in [-0.1, -0.05) is 0 Å². The fourth-order valence-electron chi connectivity index (χ4n) is 1.87. The fraction of sp³-hybridized carbons (Fsp3) is 0.562. The normalized spacial score (nSPS) is 13.6. The van der Waals surface area contributed by atoms with E-state index in [0.717, 1.165) is 17.2 Å². The quantitative estimate of drug-likeness (QED) is 0.300. The zero-order chi connectivity index (χ0) is 18.0. The Bertz CT molecular complexity index is 619. The van der Waals surface area contributed by atoms with Crippen molar-refractivity contribution >= 4 is 27.6 Å². The smallest absolute Gasteiger partial charge is 0.191 e. The average Bonchev–Trinajstić information content (AvgIpc) is 2.51. The summed E-state index contributed by atoms with van der Waals surface area (Å²) in [7, 11) is -2.95. The Labute approximate surface area is 148 Å². The van der Waals surface area contributed by atoms with Crippen molar-refractivity contribution in [2.24, 2.45) is 4.99 Å². The van der Waals surface area contributed by atoms with Crippen LogP contribution in [0.15, 0.2) is 34.2 Å².